The highest BCUT2D eigenvalue weighted by atomic mass is 16.2. The molecule has 1 aliphatic heterocycles. The molecule has 1 heterocycles. The number of carbonyl (C=O) groups excluding carboxylic acids is 3. The van der Waals surface area contributed by atoms with Crippen molar-refractivity contribution in [2.24, 2.45) is 5.92 Å². The molecule has 0 saturated heterocycles. The number of rotatable bonds is 0. The Morgan fingerprint density at radius 2 is 1.88 bits per heavy atom. The van der Waals surface area contributed by atoms with Gasteiger partial charge in [0.15, 0.2) is 6.04 Å². The van der Waals surface area contributed by atoms with Crippen LogP contribution in [0.25, 0.3) is 0 Å². The lowest BCUT2D eigenvalue weighted by atomic mass is 9.99. The van der Waals surface area contributed by atoms with E-state index in [9.17, 15) is 14.4 Å². The summed E-state index contributed by atoms with van der Waals surface area (Å²) < 4.78 is 0. The third-order valence-electron chi connectivity index (χ3n) is 4.21. The van der Waals surface area contributed by atoms with Crippen molar-refractivity contribution >= 4 is 23.4 Å². The van der Waals surface area contributed by atoms with Gasteiger partial charge in [-0.1, -0.05) is 37.5 Å². The van der Waals surface area contributed by atoms with Crippen LogP contribution in [0.15, 0.2) is 24.3 Å². The first-order valence-electron chi connectivity index (χ1n) is 8.43. The minimum Gasteiger partial charge on any atom is -0.347 e. The van der Waals surface area contributed by atoms with Crippen LogP contribution in [0.4, 0.5) is 5.69 Å². The van der Waals surface area contributed by atoms with Crippen LogP contribution in [0.1, 0.15) is 31.7 Å². The Morgan fingerprint density at radius 3 is 2.64 bits per heavy atom. The van der Waals surface area contributed by atoms with Gasteiger partial charge < -0.3 is 16.0 Å². The maximum Gasteiger partial charge on any atom is 0.259 e. The van der Waals surface area contributed by atoms with E-state index in [1.165, 1.54) is 0 Å². The van der Waals surface area contributed by atoms with Crippen LogP contribution in [-0.4, -0.2) is 30.3 Å². The van der Waals surface area contributed by atoms with E-state index in [0.717, 1.165) is 31.2 Å². The fourth-order valence-electron chi connectivity index (χ4n) is 2.70. The molecule has 0 spiro atoms. The molecule has 1 aliphatic rings. The van der Waals surface area contributed by atoms with Crippen molar-refractivity contribution in [3.05, 3.63) is 29.8 Å². The minimum atomic E-state index is -1.10. The van der Waals surface area contributed by atoms with Crippen LogP contribution in [0.5, 0.6) is 0 Å². The summed E-state index contributed by atoms with van der Waals surface area (Å²) in [5.74, 6) is 0.954. The number of hydrogen-bond acceptors (Lipinski definition) is 3. The molecule has 3 amide bonds. The lowest BCUT2D eigenvalue weighted by molar-refractivity contribution is -0.129. The number of fused-ring (bicyclic) bond motifs is 1. The van der Waals surface area contributed by atoms with Gasteiger partial charge in [0, 0.05) is 11.6 Å². The van der Waals surface area contributed by atoms with E-state index in [0.29, 0.717) is 5.69 Å². The van der Waals surface area contributed by atoms with Gasteiger partial charge in [-0.3, -0.25) is 14.4 Å². The predicted molar refractivity (Wildman–Crippen MR) is 95.6 cm³/mol. The van der Waals surface area contributed by atoms with Crippen LogP contribution in [-0.2, 0) is 20.8 Å². The van der Waals surface area contributed by atoms with E-state index in [2.05, 4.69) is 21.9 Å². The first-order valence-corrected chi connectivity index (χ1v) is 8.43. The van der Waals surface area contributed by atoms with E-state index in [4.69, 9.17) is 6.42 Å². The molecular formula is C19H23N3O3. The van der Waals surface area contributed by atoms with E-state index in [1.807, 2.05) is 31.2 Å². The maximum absolute atomic E-state index is 12.4. The Hall–Kier alpha value is -2.81. The van der Waals surface area contributed by atoms with Crippen LogP contribution >= 0.6 is 0 Å². The number of benzene rings is 1. The normalized spacial score (nSPS) is 23.0. The fraction of sp³-hybridized carbons (Fsp3) is 0.421. The van der Waals surface area contributed by atoms with Crippen molar-refractivity contribution in [1.82, 2.24) is 10.6 Å². The topological polar surface area (TPSA) is 87.3 Å². The molecule has 0 fully saturated rings. The number of para-hydroxylation sites is 1. The van der Waals surface area contributed by atoms with E-state index in [1.54, 1.807) is 0 Å². The summed E-state index contributed by atoms with van der Waals surface area (Å²) in [5.41, 5.74) is 1.70. The highest BCUT2D eigenvalue weighted by Gasteiger charge is 2.21. The zero-order valence-electron chi connectivity index (χ0n) is 14.3. The van der Waals surface area contributed by atoms with Crippen molar-refractivity contribution in [3.63, 3.8) is 0 Å². The Balaban J connectivity index is 2.21. The third-order valence-corrected chi connectivity index (χ3v) is 4.21. The Labute approximate surface area is 147 Å². The van der Waals surface area contributed by atoms with Crippen LogP contribution in [0, 0.1) is 18.3 Å². The number of carbonyl (C=O) groups is 3. The first-order chi connectivity index (χ1) is 12.0. The second-order valence-electron chi connectivity index (χ2n) is 6.18. The summed E-state index contributed by atoms with van der Waals surface area (Å²) in [5, 5.41) is 7.81. The summed E-state index contributed by atoms with van der Waals surface area (Å²) >= 11 is 0. The van der Waals surface area contributed by atoms with Crippen LogP contribution in [0.3, 0.4) is 0 Å². The molecule has 2 atom stereocenters. The van der Waals surface area contributed by atoms with Crippen molar-refractivity contribution in [2.75, 3.05) is 11.9 Å². The smallest absolute Gasteiger partial charge is 0.259 e. The van der Waals surface area contributed by atoms with E-state index in [-0.39, 0.29) is 18.4 Å². The Kier molecular flexibility index (Phi) is 6.58. The molecule has 0 aliphatic carbocycles. The molecule has 1 aromatic carbocycles. The average Bonchev–Trinajstić information content (AvgIpc) is 2.61. The molecule has 3 N–H and O–H groups in total. The number of amides is 3. The summed E-state index contributed by atoms with van der Waals surface area (Å²) in [7, 11) is 0. The van der Waals surface area contributed by atoms with Crippen LogP contribution in [0.2, 0.25) is 0 Å². The monoisotopic (exact) mass is 341 g/mol. The molecule has 132 valence electrons. The van der Waals surface area contributed by atoms with Crippen LogP contribution < -0.4 is 16.0 Å². The van der Waals surface area contributed by atoms with Gasteiger partial charge in [0.25, 0.3) is 5.91 Å². The van der Waals surface area contributed by atoms with Gasteiger partial charge in [0.2, 0.25) is 11.8 Å². The summed E-state index contributed by atoms with van der Waals surface area (Å²) in [6.07, 6.45) is 8.70. The van der Waals surface area contributed by atoms with E-state index < -0.39 is 17.9 Å². The summed E-state index contributed by atoms with van der Waals surface area (Å²) in [6, 6.07) is 6.42. The van der Waals surface area contributed by atoms with E-state index >= 15 is 0 Å². The molecular weight excluding hydrogens is 318 g/mol. The fourth-order valence-corrected chi connectivity index (χ4v) is 2.70. The lowest BCUT2D eigenvalue weighted by Gasteiger charge is -2.15. The lowest BCUT2D eigenvalue weighted by Crippen LogP contribution is -2.47. The standard InChI is InChI=1S/C19H23N3O3/c1-3-15-19(25)22-16-11-7-6-10-14(16)9-5-4-8-13(2)18(24)20-12-17(23)21-15/h1,6-7,10-11,13,15H,4-5,8-9,12H2,2H3,(H,20,24)(H,21,23)(H,22,25)/t13-,15+/m0/s1. The second kappa shape index (κ2) is 8.88. The largest absolute Gasteiger partial charge is 0.347 e. The number of nitrogens with one attached hydrogen (secondary N) is 3. The van der Waals surface area contributed by atoms with Gasteiger partial charge in [-0.05, 0) is 30.9 Å². The van der Waals surface area contributed by atoms with Crippen molar-refractivity contribution in [3.8, 4) is 12.3 Å². The average molecular weight is 341 g/mol. The SMILES string of the molecule is C#C[C@H]1NC(=O)CNC(=O)[C@@H](C)CCCCc2ccccc2NC1=O. The zero-order valence-corrected chi connectivity index (χ0v) is 14.3. The highest BCUT2D eigenvalue weighted by Crippen LogP contribution is 2.19. The van der Waals surface area contributed by atoms with Gasteiger partial charge in [-0.15, -0.1) is 6.42 Å². The highest BCUT2D eigenvalue weighted by molar-refractivity contribution is 6.00. The van der Waals surface area contributed by atoms with Gasteiger partial charge in [-0.2, -0.15) is 0 Å². The Bertz CT molecular complexity index is 693. The van der Waals surface area contributed by atoms with Gasteiger partial charge in [0.1, 0.15) is 0 Å². The molecule has 0 radical (unpaired) electrons. The molecule has 6 nitrogen and oxygen atoms in total. The second-order valence-corrected chi connectivity index (χ2v) is 6.18. The Morgan fingerprint density at radius 1 is 1.12 bits per heavy atom. The summed E-state index contributed by atoms with van der Waals surface area (Å²) in [4.78, 5) is 36.3. The molecule has 6 heteroatoms. The van der Waals surface area contributed by atoms with Gasteiger partial charge in [-0.25, -0.2) is 0 Å². The number of hydrogen-bond donors (Lipinski definition) is 3. The molecule has 0 aromatic heterocycles. The predicted octanol–water partition coefficient (Wildman–Crippen LogP) is 1.22. The van der Waals surface area contributed by atoms with Gasteiger partial charge in [0.05, 0.1) is 6.54 Å². The summed E-state index contributed by atoms with van der Waals surface area (Å²) in [6.45, 7) is 1.64. The molecule has 25 heavy (non-hydrogen) atoms. The zero-order chi connectivity index (χ0) is 18.2. The quantitative estimate of drug-likeness (QED) is 0.620. The number of aryl methyl sites for hydroxylation is 1. The molecule has 0 bridgehead atoms. The van der Waals surface area contributed by atoms with Crippen molar-refractivity contribution in [1.29, 1.82) is 0 Å². The molecule has 0 unspecified atom stereocenters. The van der Waals surface area contributed by atoms with Gasteiger partial charge >= 0.3 is 0 Å². The number of anilines is 1. The van der Waals surface area contributed by atoms with Crippen molar-refractivity contribution in [2.45, 2.75) is 38.6 Å². The number of terminal acetylenes is 1. The first kappa shape index (κ1) is 18.5. The third kappa shape index (κ3) is 5.35. The molecule has 2 rings (SSSR count). The molecule has 0 saturated carbocycles. The minimum absolute atomic E-state index is 0.170. The maximum atomic E-state index is 12.4. The van der Waals surface area contributed by atoms with Crippen molar-refractivity contribution < 1.29 is 14.4 Å². The molecule has 1 aromatic rings.